The van der Waals surface area contributed by atoms with E-state index in [1.165, 1.54) is 0 Å². The van der Waals surface area contributed by atoms with E-state index in [0.29, 0.717) is 50.0 Å². The summed E-state index contributed by atoms with van der Waals surface area (Å²) in [5.41, 5.74) is 1.13. The number of hydrogen-bond acceptors (Lipinski definition) is 4. The van der Waals surface area contributed by atoms with Crippen LogP contribution in [0.1, 0.15) is 44.1 Å². The van der Waals surface area contributed by atoms with Crippen molar-refractivity contribution in [2.24, 2.45) is 5.92 Å². The van der Waals surface area contributed by atoms with Crippen LogP contribution in [0, 0.1) is 12.8 Å². The molecule has 8 heteroatoms. The Kier molecular flexibility index (Phi) is 5.74. The highest BCUT2D eigenvalue weighted by Crippen LogP contribution is 2.32. The number of amides is 2. The van der Waals surface area contributed by atoms with Gasteiger partial charge in [0.15, 0.2) is 9.84 Å². The van der Waals surface area contributed by atoms with Gasteiger partial charge in [-0.25, -0.2) is 13.2 Å². The first-order chi connectivity index (χ1) is 12.8. The number of aryl methyl sites for hydroxylation is 1. The predicted octanol–water partition coefficient (Wildman–Crippen LogP) is 3.04. The first-order valence-electron chi connectivity index (χ1n) is 9.42. The summed E-state index contributed by atoms with van der Waals surface area (Å²) in [6.07, 6.45) is 4.11. The second kappa shape index (κ2) is 7.88. The number of carbonyl (C=O) groups excluding carboxylic acids is 1. The van der Waals surface area contributed by atoms with Crippen LogP contribution in [0.3, 0.4) is 0 Å². The van der Waals surface area contributed by atoms with Crippen LogP contribution in [-0.2, 0) is 14.6 Å². The van der Waals surface area contributed by atoms with Crippen LogP contribution in [-0.4, -0.2) is 48.8 Å². The average Bonchev–Trinajstić information content (AvgIpc) is 3.19. The number of piperidine rings is 1. The molecule has 0 radical (unpaired) electrons. The van der Waals surface area contributed by atoms with E-state index in [0.717, 1.165) is 12.8 Å². The van der Waals surface area contributed by atoms with Crippen molar-refractivity contribution >= 4 is 27.5 Å². The molecule has 0 unspecified atom stereocenters. The van der Waals surface area contributed by atoms with Crippen LogP contribution in [0.15, 0.2) is 23.1 Å². The molecule has 0 aromatic heterocycles. The molecule has 7 nitrogen and oxygen atoms in total. The van der Waals surface area contributed by atoms with Crippen molar-refractivity contribution in [1.29, 1.82) is 0 Å². The maximum Gasteiger partial charge on any atom is 0.321 e. The fourth-order valence-corrected chi connectivity index (χ4v) is 6.02. The largest absolute Gasteiger partial charge is 0.481 e. The van der Waals surface area contributed by atoms with Gasteiger partial charge >= 0.3 is 12.0 Å². The highest BCUT2D eigenvalue weighted by molar-refractivity contribution is 7.92. The van der Waals surface area contributed by atoms with Gasteiger partial charge < -0.3 is 15.3 Å². The molecule has 1 aromatic carbocycles. The summed E-state index contributed by atoms with van der Waals surface area (Å²) in [7, 11) is -3.40. The third kappa shape index (κ3) is 4.26. The lowest BCUT2D eigenvalue weighted by Gasteiger charge is -2.30. The minimum atomic E-state index is -3.40. The number of carboxylic acid groups (broad SMARTS) is 1. The fraction of sp³-hybridized carbons (Fsp3) is 0.579. The lowest BCUT2D eigenvalue weighted by molar-refractivity contribution is -0.143. The smallest absolute Gasteiger partial charge is 0.321 e. The average molecular weight is 394 g/mol. The Morgan fingerprint density at radius 3 is 2.33 bits per heavy atom. The summed E-state index contributed by atoms with van der Waals surface area (Å²) in [4.78, 5) is 25.3. The Bertz CT molecular complexity index is 823. The first-order valence-corrected chi connectivity index (χ1v) is 11.0. The zero-order valence-electron chi connectivity index (χ0n) is 15.5. The van der Waals surface area contributed by atoms with Gasteiger partial charge in [0.25, 0.3) is 0 Å². The van der Waals surface area contributed by atoms with Crippen LogP contribution in [0.2, 0.25) is 0 Å². The topological polar surface area (TPSA) is 104 Å². The number of aliphatic carboxylic acids is 1. The fourth-order valence-electron chi connectivity index (χ4n) is 3.89. The second-order valence-electron chi connectivity index (χ2n) is 7.46. The van der Waals surface area contributed by atoms with Crippen LogP contribution in [0.25, 0.3) is 0 Å². The van der Waals surface area contributed by atoms with Gasteiger partial charge in [0.1, 0.15) is 0 Å². The van der Waals surface area contributed by atoms with Gasteiger partial charge in [-0.1, -0.05) is 18.9 Å². The van der Waals surface area contributed by atoms with E-state index < -0.39 is 21.7 Å². The molecular formula is C19H26N2O5S. The number of benzene rings is 1. The Morgan fingerprint density at radius 1 is 1.11 bits per heavy atom. The van der Waals surface area contributed by atoms with E-state index in [1.807, 2.05) is 0 Å². The number of likely N-dealkylation sites (tertiary alicyclic amines) is 1. The van der Waals surface area contributed by atoms with Crippen LogP contribution >= 0.6 is 0 Å². The van der Waals surface area contributed by atoms with Crippen molar-refractivity contribution in [2.45, 2.75) is 55.6 Å². The van der Waals surface area contributed by atoms with Crippen molar-refractivity contribution in [3.05, 3.63) is 23.8 Å². The van der Waals surface area contributed by atoms with E-state index in [9.17, 15) is 18.0 Å². The number of rotatable bonds is 4. The zero-order chi connectivity index (χ0) is 19.6. The molecule has 2 fully saturated rings. The van der Waals surface area contributed by atoms with E-state index in [-0.39, 0.29) is 16.2 Å². The Morgan fingerprint density at radius 2 is 1.74 bits per heavy atom. The second-order valence-corrected chi connectivity index (χ2v) is 9.66. The number of sulfone groups is 1. The molecule has 27 heavy (non-hydrogen) atoms. The summed E-state index contributed by atoms with van der Waals surface area (Å²) in [6.45, 7) is 2.52. The van der Waals surface area contributed by atoms with E-state index in [2.05, 4.69) is 5.32 Å². The summed E-state index contributed by atoms with van der Waals surface area (Å²) < 4.78 is 25.8. The quantitative estimate of drug-likeness (QED) is 0.817. The molecule has 148 valence electrons. The monoisotopic (exact) mass is 394 g/mol. The van der Waals surface area contributed by atoms with Crippen LogP contribution in [0.4, 0.5) is 10.5 Å². The van der Waals surface area contributed by atoms with E-state index >= 15 is 0 Å². The highest BCUT2D eigenvalue weighted by Gasteiger charge is 2.32. The predicted molar refractivity (Wildman–Crippen MR) is 102 cm³/mol. The number of urea groups is 1. The standard InChI is InChI=1S/C19H26N2O5S/c1-13-6-7-15(12-17(13)27(25,26)16-4-2-3-5-16)20-19(24)21-10-8-14(9-11-21)18(22)23/h6-7,12,14,16H,2-5,8-11H2,1H3,(H,20,24)(H,22,23). The Labute approximate surface area is 159 Å². The number of carboxylic acids is 1. The molecule has 2 N–H and O–H groups in total. The lowest BCUT2D eigenvalue weighted by atomic mass is 9.97. The summed E-state index contributed by atoms with van der Waals surface area (Å²) in [5, 5.41) is 11.5. The molecule has 0 spiro atoms. The van der Waals surface area contributed by atoms with Gasteiger partial charge in [0, 0.05) is 18.8 Å². The maximum absolute atomic E-state index is 12.9. The first kappa shape index (κ1) is 19.7. The zero-order valence-corrected chi connectivity index (χ0v) is 16.3. The van der Waals surface area contributed by atoms with Crippen molar-refractivity contribution in [1.82, 2.24) is 4.90 Å². The third-order valence-corrected chi connectivity index (χ3v) is 8.02. The SMILES string of the molecule is Cc1ccc(NC(=O)N2CCC(C(=O)O)CC2)cc1S(=O)(=O)C1CCCC1. The molecule has 1 aromatic rings. The minimum Gasteiger partial charge on any atom is -0.481 e. The van der Waals surface area contributed by atoms with Gasteiger partial charge in [-0.2, -0.15) is 0 Å². The van der Waals surface area contributed by atoms with Gasteiger partial charge in [-0.15, -0.1) is 0 Å². The Balaban J connectivity index is 1.71. The molecule has 0 bridgehead atoms. The third-order valence-electron chi connectivity index (χ3n) is 5.62. The molecule has 1 aliphatic heterocycles. The number of anilines is 1. The summed E-state index contributed by atoms with van der Waals surface area (Å²) >= 11 is 0. The summed E-state index contributed by atoms with van der Waals surface area (Å²) in [6, 6.07) is 4.64. The van der Waals surface area contributed by atoms with E-state index in [1.54, 1.807) is 30.0 Å². The lowest BCUT2D eigenvalue weighted by Crippen LogP contribution is -2.42. The van der Waals surface area contributed by atoms with Crippen molar-refractivity contribution < 1.29 is 23.1 Å². The van der Waals surface area contributed by atoms with Crippen LogP contribution in [0.5, 0.6) is 0 Å². The van der Waals surface area contributed by atoms with Gasteiger partial charge in [-0.05, 0) is 50.3 Å². The molecule has 3 rings (SSSR count). The molecule has 1 heterocycles. The van der Waals surface area contributed by atoms with Gasteiger partial charge in [-0.3, -0.25) is 4.79 Å². The molecule has 1 saturated carbocycles. The highest BCUT2D eigenvalue weighted by atomic mass is 32.2. The molecule has 0 atom stereocenters. The van der Waals surface area contributed by atoms with Crippen molar-refractivity contribution in [3.63, 3.8) is 0 Å². The van der Waals surface area contributed by atoms with Gasteiger partial charge in [0.2, 0.25) is 0 Å². The maximum atomic E-state index is 12.9. The van der Waals surface area contributed by atoms with Crippen molar-refractivity contribution in [3.8, 4) is 0 Å². The normalized spacial score (nSPS) is 19.2. The Hall–Kier alpha value is -2.09. The van der Waals surface area contributed by atoms with Crippen molar-refractivity contribution in [2.75, 3.05) is 18.4 Å². The molecule has 1 aliphatic carbocycles. The molecule has 2 aliphatic rings. The number of hydrogen-bond donors (Lipinski definition) is 2. The molecular weight excluding hydrogens is 368 g/mol. The van der Waals surface area contributed by atoms with Gasteiger partial charge in [0.05, 0.1) is 16.1 Å². The van der Waals surface area contributed by atoms with E-state index in [4.69, 9.17) is 5.11 Å². The minimum absolute atomic E-state index is 0.289. The molecule has 1 saturated heterocycles. The van der Waals surface area contributed by atoms with Crippen LogP contribution < -0.4 is 5.32 Å². The molecule has 2 amide bonds. The number of nitrogens with zero attached hydrogens (tertiary/aromatic N) is 1. The summed E-state index contributed by atoms with van der Waals surface area (Å²) in [5.74, 6) is -1.23. The number of carbonyl (C=O) groups is 2. The number of nitrogens with one attached hydrogen (secondary N) is 1.